The first-order valence-electron chi connectivity index (χ1n) is 8.38. The quantitative estimate of drug-likeness (QED) is 0.633. The zero-order valence-corrected chi connectivity index (χ0v) is 13.6. The first kappa shape index (κ1) is 15.9. The van der Waals surface area contributed by atoms with Crippen LogP contribution in [0.5, 0.6) is 0 Å². The zero-order valence-electron chi connectivity index (χ0n) is 13.6. The third-order valence-corrected chi connectivity index (χ3v) is 4.86. The predicted molar refractivity (Wildman–Crippen MR) is 91.5 cm³/mol. The Bertz CT molecular complexity index is 689. The molecule has 0 saturated heterocycles. The van der Waals surface area contributed by atoms with Crippen LogP contribution in [0.4, 0.5) is 4.79 Å². The average molecular weight is 315 g/mol. The molecule has 5 nitrogen and oxygen atoms in total. The Morgan fingerprint density at radius 2 is 2.13 bits per heavy atom. The van der Waals surface area contributed by atoms with Gasteiger partial charge in [0.25, 0.3) is 0 Å². The molecule has 1 aromatic carbocycles. The van der Waals surface area contributed by atoms with Crippen molar-refractivity contribution in [2.24, 2.45) is 5.41 Å². The molecule has 124 valence electrons. The van der Waals surface area contributed by atoms with E-state index in [0.29, 0.717) is 13.1 Å². The summed E-state index contributed by atoms with van der Waals surface area (Å²) in [6.45, 7) is 3.46. The van der Waals surface area contributed by atoms with Crippen molar-refractivity contribution in [3.63, 3.8) is 0 Å². The Morgan fingerprint density at radius 1 is 1.30 bits per heavy atom. The second kappa shape index (κ2) is 6.62. The van der Waals surface area contributed by atoms with E-state index in [1.807, 2.05) is 6.20 Å². The third kappa shape index (κ3) is 3.50. The van der Waals surface area contributed by atoms with Crippen LogP contribution in [0.3, 0.4) is 0 Å². The number of aryl methyl sites for hydroxylation is 1. The van der Waals surface area contributed by atoms with E-state index in [1.54, 1.807) is 0 Å². The molecule has 1 saturated carbocycles. The monoisotopic (exact) mass is 315 g/mol. The van der Waals surface area contributed by atoms with Crippen LogP contribution in [0.25, 0.3) is 10.9 Å². The number of H-pyrrole nitrogens is 1. The van der Waals surface area contributed by atoms with Crippen LogP contribution in [0.15, 0.2) is 24.4 Å². The van der Waals surface area contributed by atoms with Gasteiger partial charge in [-0.1, -0.05) is 25.1 Å². The first-order valence-corrected chi connectivity index (χ1v) is 8.38. The number of aliphatic hydroxyl groups excluding tert-OH is 1. The largest absolute Gasteiger partial charge is 0.396 e. The third-order valence-electron chi connectivity index (χ3n) is 4.86. The summed E-state index contributed by atoms with van der Waals surface area (Å²) in [5.41, 5.74) is 3.70. The van der Waals surface area contributed by atoms with Gasteiger partial charge in [0.15, 0.2) is 0 Å². The van der Waals surface area contributed by atoms with Gasteiger partial charge in [-0.15, -0.1) is 0 Å². The molecule has 5 heteroatoms. The molecule has 3 rings (SSSR count). The van der Waals surface area contributed by atoms with Crippen LogP contribution in [0.2, 0.25) is 0 Å². The van der Waals surface area contributed by atoms with E-state index in [9.17, 15) is 9.90 Å². The Kier molecular flexibility index (Phi) is 4.57. The van der Waals surface area contributed by atoms with Crippen molar-refractivity contribution in [1.29, 1.82) is 0 Å². The smallest absolute Gasteiger partial charge is 0.314 e. The fourth-order valence-corrected chi connectivity index (χ4v) is 2.99. The molecule has 0 unspecified atom stereocenters. The van der Waals surface area contributed by atoms with E-state index in [1.165, 1.54) is 22.0 Å². The molecule has 4 N–H and O–H groups in total. The number of hydrogen-bond acceptors (Lipinski definition) is 2. The summed E-state index contributed by atoms with van der Waals surface area (Å²) in [5.74, 6) is 0. The maximum absolute atomic E-state index is 11.8. The second-order valence-corrected chi connectivity index (χ2v) is 6.52. The summed E-state index contributed by atoms with van der Waals surface area (Å²) in [4.78, 5) is 15.2. The number of rotatable bonds is 7. The minimum absolute atomic E-state index is 0.0509. The van der Waals surface area contributed by atoms with Crippen molar-refractivity contribution < 1.29 is 9.90 Å². The molecule has 0 spiro atoms. The molecule has 1 aromatic heterocycles. The molecular formula is C18H25N3O2. The van der Waals surface area contributed by atoms with E-state index in [0.717, 1.165) is 25.7 Å². The van der Waals surface area contributed by atoms with Gasteiger partial charge >= 0.3 is 6.03 Å². The van der Waals surface area contributed by atoms with Crippen LogP contribution in [-0.2, 0) is 12.8 Å². The molecule has 2 aromatic rings. The van der Waals surface area contributed by atoms with Gasteiger partial charge in [0.2, 0.25) is 0 Å². The maximum atomic E-state index is 11.8. The van der Waals surface area contributed by atoms with Gasteiger partial charge in [0, 0.05) is 35.6 Å². The highest BCUT2D eigenvalue weighted by Gasteiger charge is 2.42. The molecule has 0 atom stereocenters. The van der Waals surface area contributed by atoms with E-state index >= 15 is 0 Å². The summed E-state index contributed by atoms with van der Waals surface area (Å²) < 4.78 is 0. The number of benzene rings is 1. The summed E-state index contributed by atoms with van der Waals surface area (Å²) in [6, 6.07) is 6.20. The fraction of sp³-hybridized carbons (Fsp3) is 0.500. The summed E-state index contributed by atoms with van der Waals surface area (Å²) in [6.07, 6.45) is 5.84. The molecular weight excluding hydrogens is 290 g/mol. The molecule has 0 bridgehead atoms. The number of nitrogens with one attached hydrogen (secondary N) is 3. The number of aromatic amines is 1. The topological polar surface area (TPSA) is 77.2 Å². The standard InChI is InChI=1S/C18H25N3O2/c1-2-13-4-3-5-15-14(10-20-16(13)15)6-9-19-17(23)21-11-18(12-22)7-8-18/h3-5,10,20,22H,2,6-9,11-12H2,1H3,(H2,19,21,23). The maximum Gasteiger partial charge on any atom is 0.314 e. The number of amides is 2. The molecule has 1 aliphatic carbocycles. The Morgan fingerprint density at radius 3 is 2.83 bits per heavy atom. The summed E-state index contributed by atoms with van der Waals surface area (Å²) in [7, 11) is 0. The number of para-hydroxylation sites is 1. The summed E-state index contributed by atoms with van der Waals surface area (Å²) >= 11 is 0. The number of aliphatic hydroxyl groups is 1. The Balaban J connectivity index is 1.50. The van der Waals surface area contributed by atoms with Crippen molar-refractivity contribution in [3.05, 3.63) is 35.5 Å². The molecule has 1 aliphatic rings. The van der Waals surface area contributed by atoms with Crippen molar-refractivity contribution in [3.8, 4) is 0 Å². The van der Waals surface area contributed by atoms with E-state index < -0.39 is 0 Å². The average Bonchev–Trinajstić information content (AvgIpc) is 3.26. The van der Waals surface area contributed by atoms with Crippen LogP contribution >= 0.6 is 0 Å². The normalized spacial score (nSPS) is 15.6. The molecule has 2 amide bonds. The van der Waals surface area contributed by atoms with Gasteiger partial charge in [0.05, 0.1) is 6.61 Å². The van der Waals surface area contributed by atoms with Crippen LogP contribution in [0, 0.1) is 5.41 Å². The Labute approximate surface area is 136 Å². The van der Waals surface area contributed by atoms with Crippen molar-refractivity contribution in [2.75, 3.05) is 19.7 Å². The van der Waals surface area contributed by atoms with Gasteiger partial charge in [-0.25, -0.2) is 4.79 Å². The number of aromatic nitrogens is 1. The van der Waals surface area contributed by atoms with Crippen LogP contribution in [-0.4, -0.2) is 35.8 Å². The van der Waals surface area contributed by atoms with E-state index in [4.69, 9.17) is 0 Å². The lowest BCUT2D eigenvalue weighted by molar-refractivity contribution is 0.203. The summed E-state index contributed by atoms with van der Waals surface area (Å²) in [5, 5.41) is 16.2. The van der Waals surface area contributed by atoms with Crippen molar-refractivity contribution in [1.82, 2.24) is 15.6 Å². The van der Waals surface area contributed by atoms with Crippen molar-refractivity contribution >= 4 is 16.9 Å². The van der Waals surface area contributed by atoms with Crippen LogP contribution in [0.1, 0.15) is 30.9 Å². The van der Waals surface area contributed by atoms with Crippen LogP contribution < -0.4 is 10.6 Å². The number of carbonyl (C=O) groups excluding carboxylic acids is 1. The lowest BCUT2D eigenvalue weighted by Crippen LogP contribution is -2.40. The molecule has 1 heterocycles. The number of urea groups is 1. The SMILES string of the molecule is CCc1cccc2c(CCNC(=O)NCC3(CO)CC3)c[nH]c12. The molecule has 1 fully saturated rings. The second-order valence-electron chi connectivity index (χ2n) is 6.52. The minimum Gasteiger partial charge on any atom is -0.396 e. The minimum atomic E-state index is -0.154. The number of fused-ring (bicyclic) bond motifs is 1. The molecule has 23 heavy (non-hydrogen) atoms. The number of hydrogen-bond donors (Lipinski definition) is 4. The molecule has 0 radical (unpaired) electrons. The van der Waals surface area contributed by atoms with Gasteiger partial charge in [0.1, 0.15) is 0 Å². The van der Waals surface area contributed by atoms with Gasteiger partial charge in [-0.3, -0.25) is 0 Å². The van der Waals surface area contributed by atoms with Gasteiger partial charge in [-0.05, 0) is 36.8 Å². The first-order chi connectivity index (χ1) is 11.2. The lowest BCUT2D eigenvalue weighted by Gasteiger charge is -2.13. The van der Waals surface area contributed by atoms with E-state index in [2.05, 4.69) is 40.7 Å². The Hall–Kier alpha value is -2.01. The van der Waals surface area contributed by atoms with E-state index in [-0.39, 0.29) is 18.1 Å². The number of carbonyl (C=O) groups is 1. The fourth-order valence-electron chi connectivity index (χ4n) is 2.99. The van der Waals surface area contributed by atoms with Gasteiger partial charge in [-0.2, -0.15) is 0 Å². The van der Waals surface area contributed by atoms with Gasteiger partial charge < -0.3 is 20.7 Å². The van der Waals surface area contributed by atoms with Crippen molar-refractivity contribution in [2.45, 2.75) is 32.6 Å². The predicted octanol–water partition coefficient (Wildman–Crippen LogP) is 2.34. The zero-order chi connectivity index (χ0) is 16.3. The lowest BCUT2D eigenvalue weighted by atomic mass is 10.1. The molecule has 0 aliphatic heterocycles. The highest BCUT2D eigenvalue weighted by atomic mass is 16.3. The highest BCUT2D eigenvalue weighted by molar-refractivity contribution is 5.86. The highest BCUT2D eigenvalue weighted by Crippen LogP contribution is 2.44.